The quantitative estimate of drug-likeness (QED) is 0.238. The van der Waals surface area contributed by atoms with Crippen LogP contribution in [-0.2, 0) is 14.4 Å². The number of aromatic nitrogens is 2. The van der Waals surface area contributed by atoms with Crippen molar-refractivity contribution < 1.29 is 19.1 Å². The maximum Gasteiger partial charge on any atom is 0.247 e. The molecule has 0 saturated carbocycles. The van der Waals surface area contributed by atoms with Crippen molar-refractivity contribution >= 4 is 58.2 Å². The Hall–Kier alpha value is -4.00. The van der Waals surface area contributed by atoms with Crippen LogP contribution in [0.5, 0.6) is 5.75 Å². The molecule has 49 heavy (non-hydrogen) atoms. The fraction of sp³-hybridized carbons (Fsp3) is 0.528. The lowest BCUT2D eigenvalue weighted by Gasteiger charge is -2.36. The predicted octanol–water partition coefficient (Wildman–Crippen LogP) is 4.68. The van der Waals surface area contributed by atoms with Gasteiger partial charge in [0.25, 0.3) is 0 Å². The van der Waals surface area contributed by atoms with Crippen LogP contribution in [0, 0.1) is 5.41 Å². The van der Waals surface area contributed by atoms with Crippen LogP contribution in [0.4, 0.5) is 17.2 Å². The second-order valence-corrected chi connectivity index (χ2v) is 14.1. The van der Waals surface area contributed by atoms with Gasteiger partial charge in [0.2, 0.25) is 17.7 Å². The van der Waals surface area contributed by atoms with Crippen LogP contribution in [0.1, 0.15) is 64.9 Å². The molecule has 0 bridgehead atoms. The van der Waals surface area contributed by atoms with Crippen molar-refractivity contribution in [1.82, 2.24) is 30.4 Å². The van der Waals surface area contributed by atoms with Crippen molar-refractivity contribution in [3.05, 3.63) is 48.3 Å². The van der Waals surface area contributed by atoms with Gasteiger partial charge in [0, 0.05) is 30.2 Å². The first-order valence-corrected chi connectivity index (χ1v) is 16.9. The fourth-order valence-corrected chi connectivity index (χ4v) is 6.60. The molecular weight excluding hydrogens is 644 g/mol. The van der Waals surface area contributed by atoms with Gasteiger partial charge in [0.05, 0.1) is 24.4 Å². The van der Waals surface area contributed by atoms with E-state index in [1.165, 1.54) is 31.8 Å². The molecule has 12 nitrogen and oxygen atoms in total. The van der Waals surface area contributed by atoms with Gasteiger partial charge in [-0.05, 0) is 88.3 Å². The van der Waals surface area contributed by atoms with E-state index in [1.807, 2.05) is 20.8 Å². The van der Waals surface area contributed by atoms with Crippen LogP contribution < -0.4 is 26.0 Å². The molecule has 2 fully saturated rings. The molecule has 4 atom stereocenters. The van der Waals surface area contributed by atoms with Gasteiger partial charge in [-0.1, -0.05) is 32.9 Å². The van der Waals surface area contributed by atoms with Crippen LogP contribution >= 0.6 is 12.4 Å². The number of carbonyl (C=O) groups excluding carboxylic acids is 3. The molecule has 13 heteroatoms. The molecule has 2 aromatic carbocycles. The number of nitrogens with one attached hydrogen (secondary N) is 4. The molecule has 2 aliphatic rings. The minimum absolute atomic E-state index is 0. The number of hydrogen-bond acceptors (Lipinski definition) is 9. The number of piperidine rings is 1. The molecule has 3 unspecified atom stereocenters. The first kappa shape index (κ1) is 37.8. The summed E-state index contributed by atoms with van der Waals surface area (Å²) in [6, 6.07) is 10.1. The molecular formula is C36H51ClN8O4. The van der Waals surface area contributed by atoms with Crippen LogP contribution in [0.3, 0.4) is 0 Å². The SMILES string of the molecule is CNC(C)C(=O)NC(C(=O)N1CCC[C@H]1C(=O)Nc1cc2c(Nc3ccc(C4CCCN(C)C4)cc3)ncnc2cc1OC)C(C)(C)C.Cl. The summed E-state index contributed by atoms with van der Waals surface area (Å²) in [5.41, 5.74) is 2.77. The van der Waals surface area contributed by atoms with E-state index >= 15 is 0 Å². The lowest BCUT2D eigenvalue weighted by Crippen LogP contribution is -2.59. The number of benzene rings is 2. The summed E-state index contributed by atoms with van der Waals surface area (Å²) in [7, 11) is 5.41. The third-order valence-electron chi connectivity index (χ3n) is 9.55. The van der Waals surface area contributed by atoms with Gasteiger partial charge >= 0.3 is 0 Å². The third kappa shape index (κ3) is 8.78. The highest BCUT2D eigenvalue weighted by Crippen LogP contribution is 2.35. The van der Waals surface area contributed by atoms with Crippen molar-refractivity contribution in [1.29, 1.82) is 0 Å². The zero-order valence-electron chi connectivity index (χ0n) is 29.6. The van der Waals surface area contributed by atoms with Crippen molar-refractivity contribution in [3.63, 3.8) is 0 Å². The molecule has 2 aliphatic heterocycles. The summed E-state index contributed by atoms with van der Waals surface area (Å²) < 4.78 is 5.65. The van der Waals surface area contributed by atoms with Gasteiger partial charge in [-0.15, -0.1) is 12.4 Å². The molecule has 3 amide bonds. The average Bonchev–Trinajstić information content (AvgIpc) is 3.57. The van der Waals surface area contributed by atoms with Crippen molar-refractivity contribution in [3.8, 4) is 5.75 Å². The number of methoxy groups -OCH3 is 1. The van der Waals surface area contributed by atoms with E-state index in [1.54, 1.807) is 31.0 Å². The van der Waals surface area contributed by atoms with Crippen molar-refractivity contribution in [2.75, 3.05) is 51.5 Å². The highest BCUT2D eigenvalue weighted by atomic mass is 35.5. The van der Waals surface area contributed by atoms with Crippen LogP contribution in [0.2, 0.25) is 0 Å². The zero-order valence-corrected chi connectivity index (χ0v) is 30.4. The molecule has 0 aliphatic carbocycles. The molecule has 0 spiro atoms. The summed E-state index contributed by atoms with van der Waals surface area (Å²) in [5, 5.41) is 13.0. The van der Waals surface area contributed by atoms with E-state index in [4.69, 9.17) is 4.74 Å². The first-order chi connectivity index (χ1) is 22.9. The fourth-order valence-electron chi connectivity index (χ4n) is 6.60. The molecule has 1 aromatic heterocycles. The summed E-state index contributed by atoms with van der Waals surface area (Å²) in [4.78, 5) is 53.5. The van der Waals surface area contributed by atoms with Gasteiger partial charge in [-0.25, -0.2) is 9.97 Å². The predicted molar refractivity (Wildman–Crippen MR) is 196 cm³/mol. The number of amides is 3. The Morgan fingerprint density at radius 3 is 2.39 bits per heavy atom. The molecule has 3 aromatic rings. The minimum Gasteiger partial charge on any atom is -0.494 e. The molecule has 5 rings (SSSR count). The van der Waals surface area contributed by atoms with Gasteiger partial charge in [-0.3, -0.25) is 14.4 Å². The summed E-state index contributed by atoms with van der Waals surface area (Å²) >= 11 is 0. The van der Waals surface area contributed by atoms with Crippen molar-refractivity contribution in [2.45, 2.75) is 77.4 Å². The number of likely N-dealkylation sites (N-methyl/N-ethyl adjacent to an activating group) is 2. The number of halogens is 1. The second-order valence-electron chi connectivity index (χ2n) is 14.1. The molecule has 0 radical (unpaired) electrons. The van der Waals surface area contributed by atoms with Crippen LogP contribution in [-0.4, -0.2) is 96.5 Å². The summed E-state index contributed by atoms with van der Waals surface area (Å²) in [5.74, 6) is 0.703. The molecule has 4 N–H and O–H groups in total. The summed E-state index contributed by atoms with van der Waals surface area (Å²) in [6.45, 7) is 10.1. The topological polar surface area (TPSA) is 141 Å². The Morgan fingerprint density at radius 1 is 1.02 bits per heavy atom. The number of nitrogens with zero attached hydrogens (tertiary/aromatic N) is 4. The second kappa shape index (κ2) is 16.1. The number of carbonyl (C=O) groups is 3. The Labute approximate surface area is 295 Å². The first-order valence-electron chi connectivity index (χ1n) is 16.9. The number of ether oxygens (including phenoxy) is 1. The van der Waals surface area contributed by atoms with Gasteiger partial charge in [0.1, 0.15) is 30.0 Å². The molecule has 2 saturated heterocycles. The monoisotopic (exact) mass is 694 g/mol. The number of fused-ring (bicyclic) bond motifs is 1. The molecule has 3 heterocycles. The Morgan fingerprint density at radius 2 is 1.73 bits per heavy atom. The maximum atomic E-state index is 13.9. The van der Waals surface area contributed by atoms with E-state index in [0.29, 0.717) is 53.5 Å². The minimum atomic E-state index is -0.798. The lowest BCUT2D eigenvalue weighted by molar-refractivity contribution is -0.143. The highest BCUT2D eigenvalue weighted by Gasteiger charge is 2.42. The van der Waals surface area contributed by atoms with E-state index in [9.17, 15) is 14.4 Å². The van der Waals surface area contributed by atoms with Crippen LogP contribution in [0.15, 0.2) is 42.7 Å². The van der Waals surface area contributed by atoms with E-state index in [2.05, 4.69) is 67.4 Å². The number of hydrogen-bond donors (Lipinski definition) is 4. The Kier molecular flexibility index (Phi) is 12.5. The smallest absolute Gasteiger partial charge is 0.247 e. The average molecular weight is 695 g/mol. The largest absolute Gasteiger partial charge is 0.494 e. The van der Waals surface area contributed by atoms with Gasteiger partial charge < -0.3 is 35.8 Å². The van der Waals surface area contributed by atoms with E-state index in [0.717, 1.165) is 18.8 Å². The zero-order chi connectivity index (χ0) is 34.6. The van der Waals surface area contributed by atoms with Crippen molar-refractivity contribution in [2.24, 2.45) is 5.41 Å². The van der Waals surface area contributed by atoms with E-state index < -0.39 is 23.5 Å². The number of rotatable bonds is 10. The highest BCUT2D eigenvalue weighted by molar-refractivity contribution is 6.03. The number of anilines is 3. The van der Waals surface area contributed by atoms with Crippen LogP contribution in [0.25, 0.3) is 10.9 Å². The van der Waals surface area contributed by atoms with Gasteiger partial charge in [0.15, 0.2) is 0 Å². The Bertz CT molecular complexity index is 1630. The standard InChI is InChI=1S/C36H50N8O4.ClH/c1-22(37-5)33(45)42-31(36(2,3)4)35(47)44-17-9-11-29(44)34(46)41-28-18-26-27(19-30(28)48-7)38-21-39-32(26)40-25-14-12-23(13-15-25)24-10-8-16-43(6)20-24;/h12-15,18-19,21-22,24,29,31,37H,8-11,16-17,20H2,1-7H3,(H,41,46)(H,42,45)(H,38,39,40);1H/t22?,24?,29-,31?;/m0./s1. The van der Waals surface area contributed by atoms with E-state index in [-0.39, 0.29) is 30.1 Å². The summed E-state index contributed by atoms with van der Waals surface area (Å²) in [6.07, 6.45) is 5.08. The van der Waals surface area contributed by atoms with Gasteiger partial charge in [-0.2, -0.15) is 0 Å². The third-order valence-corrected chi connectivity index (χ3v) is 9.55. The molecule has 266 valence electrons. The maximum absolute atomic E-state index is 13.9. The Balaban J connectivity index is 0.00000541. The number of likely N-dealkylation sites (tertiary alicyclic amines) is 2. The normalized spacial score (nSPS) is 19.4. The lowest BCUT2D eigenvalue weighted by atomic mass is 9.85.